The van der Waals surface area contributed by atoms with Crippen molar-refractivity contribution in [2.75, 3.05) is 11.9 Å². The first kappa shape index (κ1) is 15.4. The molecule has 0 bridgehead atoms. The Bertz CT molecular complexity index is 644. The van der Waals surface area contributed by atoms with Crippen LogP contribution in [0.25, 0.3) is 0 Å². The van der Waals surface area contributed by atoms with Gasteiger partial charge in [-0.05, 0) is 12.1 Å². The lowest BCUT2D eigenvalue weighted by Crippen LogP contribution is -2.31. The number of aromatic nitrogens is 2. The second kappa shape index (κ2) is 7.16. The number of anilines is 2. The molecule has 3 N–H and O–H groups in total. The highest BCUT2D eigenvalue weighted by Gasteiger charge is 2.13. The smallest absolute Gasteiger partial charge is 0.308 e. The fourth-order valence-corrected chi connectivity index (χ4v) is 1.60. The summed E-state index contributed by atoms with van der Waals surface area (Å²) < 4.78 is 0. The summed E-state index contributed by atoms with van der Waals surface area (Å²) in [5, 5.41) is 14.3. The summed E-state index contributed by atoms with van der Waals surface area (Å²) in [6, 6.07) is 9.41. The van der Waals surface area contributed by atoms with Crippen molar-refractivity contribution in [1.29, 1.82) is 0 Å². The van der Waals surface area contributed by atoms with Gasteiger partial charge in [0.05, 0.1) is 11.5 Å². The highest BCUT2D eigenvalue weighted by Crippen LogP contribution is 2.11. The van der Waals surface area contributed by atoms with Crippen molar-refractivity contribution in [2.24, 2.45) is 5.92 Å². The van der Waals surface area contributed by atoms with Gasteiger partial charge < -0.3 is 15.7 Å². The molecule has 0 saturated carbocycles. The van der Waals surface area contributed by atoms with Crippen molar-refractivity contribution in [1.82, 2.24) is 15.3 Å². The summed E-state index contributed by atoms with van der Waals surface area (Å²) in [5.74, 6) is -1.64. The van der Waals surface area contributed by atoms with Gasteiger partial charge in [-0.25, -0.2) is 9.97 Å². The molecule has 0 aliphatic rings. The lowest BCUT2D eigenvalue weighted by Gasteiger charge is -2.08. The van der Waals surface area contributed by atoms with Crippen LogP contribution in [0.4, 0.5) is 11.6 Å². The molecule has 2 aromatic rings. The molecule has 7 nitrogen and oxygen atoms in total. The molecule has 22 heavy (non-hydrogen) atoms. The molecular weight excluding hydrogens is 284 g/mol. The molecule has 0 aliphatic heterocycles. The van der Waals surface area contributed by atoms with Gasteiger partial charge in [-0.15, -0.1) is 0 Å². The van der Waals surface area contributed by atoms with Crippen LogP contribution in [0.15, 0.2) is 42.7 Å². The predicted molar refractivity (Wildman–Crippen MR) is 80.9 cm³/mol. The molecule has 0 saturated heterocycles. The van der Waals surface area contributed by atoms with Crippen LogP contribution in [0, 0.1) is 5.92 Å². The van der Waals surface area contributed by atoms with Crippen LogP contribution in [0.2, 0.25) is 0 Å². The summed E-state index contributed by atoms with van der Waals surface area (Å²) in [7, 11) is 0. The van der Waals surface area contributed by atoms with Crippen molar-refractivity contribution < 1.29 is 14.7 Å². The van der Waals surface area contributed by atoms with E-state index in [-0.39, 0.29) is 12.1 Å². The van der Waals surface area contributed by atoms with Crippen LogP contribution in [0.3, 0.4) is 0 Å². The quantitative estimate of drug-likeness (QED) is 0.749. The molecule has 1 aromatic heterocycles. The van der Waals surface area contributed by atoms with E-state index in [1.165, 1.54) is 19.3 Å². The third-order valence-electron chi connectivity index (χ3n) is 2.93. The molecular formula is C15H16N4O3. The summed E-state index contributed by atoms with van der Waals surface area (Å²) in [4.78, 5) is 30.6. The number of hydrogen-bond acceptors (Lipinski definition) is 5. The lowest BCUT2D eigenvalue weighted by molar-refractivity contribution is -0.140. The average Bonchev–Trinajstić information content (AvgIpc) is 2.54. The average molecular weight is 300 g/mol. The van der Waals surface area contributed by atoms with Crippen molar-refractivity contribution >= 4 is 23.5 Å². The van der Waals surface area contributed by atoms with Crippen LogP contribution >= 0.6 is 0 Å². The number of para-hydroxylation sites is 1. The van der Waals surface area contributed by atoms with E-state index in [1.807, 2.05) is 30.3 Å². The molecule has 0 radical (unpaired) electrons. The Balaban J connectivity index is 1.94. The van der Waals surface area contributed by atoms with Gasteiger partial charge in [-0.3, -0.25) is 9.59 Å². The minimum atomic E-state index is -0.959. The van der Waals surface area contributed by atoms with Gasteiger partial charge in [0, 0.05) is 24.6 Å². The van der Waals surface area contributed by atoms with Gasteiger partial charge in [-0.2, -0.15) is 0 Å². The molecule has 1 atom stereocenters. The fourth-order valence-electron chi connectivity index (χ4n) is 1.60. The standard InChI is InChI=1S/C15H16N4O3/c1-10(14(21)22)7-16-13(20)11-8-17-15(18-9-11)19-12-5-3-2-4-6-12/h2-6,8-10H,7H2,1H3,(H,16,20)(H,21,22)(H,17,18,19)/t10-/m1/s1. The van der Waals surface area contributed by atoms with Crippen molar-refractivity contribution in [3.8, 4) is 0 Å². The molecule has 2 rings (SSSR count). The SMILES string of the molecule is C[C@H](CNC(=O)c1cnc(Nc2ccccc2)nc1)C(=O)O. The summed E-state index contributed by atoms with van der Waals surface area (Å²) in [6.45, 7) is 1.57. The van der Waals surface area contributed by atoms with Crippen molar-refractivity contribution in [2.45, 2.75) is 6.92 Å². The molecule has 0 spiro atoms. The Morgan fingerprint density at radius 1 is 1.18 bits per heavy atom. The molecule has 114 valence electrons. The van der Waals surface area contributed by atoms with Crippen LogP contribution in [0.5, 0.6) is 0 Å². The number of aliphatic carboxylic acids is 1. The first-order valence-corrected chi connectivity index (χ1v) is 6.71. The minimum absolute atomic E-state index is 0.0538. The Hall–Kier alpha value is -2.96. The summed E-state index contributed by atoms with van der Waals surface area (Å²) in [5.41, 5.74) is 1.12. The monoisotopic (exact) mass is 300 g/mol. The van der Waals surface area contributed by atoms with E-state index < -0.39 is 17.8 Å². The van der Waals surface area contributed by atoms with Crippen LogP contribution in [0.1, 0.15) is 17.3 Å². The van der Waals surface area contributed by atoms with Crippen molar-refractivity contribution in [3.05, 3.63) is 48.3 Å². The van der Waals surface area contributed by atoms with Crippen LogP contribution < -0.4 is 10.6 Å². The number of carboxylic acids is 1. The minimum Gasteiger partial charge on any atom is -0.481 e. The second-order valence-corrected chi connectivity index (χ2v) is 4.74. The molecule has 0 fully saturated rings. The third-order valence-corrected chi connectivity index (χ3v) is 2.93. The normalized spacial score (nSPS) is 11.5. The van der Waals surface area contributed by atoms with Gasteiger partial charge in [0.1, 0.15) is 0 Å². The number of nitrogens with one attached hydrogen (secondary N) is 2. The van der Waals surface area contributed by atoms with Gasteiger partial charge in [0.25, 0.3) is 5.91 Å². The molecule has 0 unspecified atom stereocenters. The summed E-state index contributed by atoms with van der Waals surface area (Å²) >= 11 is 0. The van der Waals surface area contributed by atoms with E-state index >= 15 is 0 Å². The molecule has 1 amide bonds. The highest BCUT2D eigenvalue weighted by molar-refractivity contribution is 5.93. The van der Waals surface area contributed by atoms with E-state index in [2.05, 4.69) is 20.6 Å². The zero-order valence-corrected chi connectivity index (χ0v) is 12.0. The fraction of sp³-hybridized carbons (Fsp3) is 0.200. The highest BCUT2D eigenvalue weighted by atomic mass is 16.4. The van der Waals surface area contributed by atoms with E-state index in [1.54, 1.807) is 0 Å². The Labute approximate surface area is 127 Å². The number of carbonyl (C=O) groups excluding carboxylic acids is 1. The second-order valence-electron chi connectivity index (χ2n) is 4.74. The Morgan fingerprint density at radius 3 is 2.41 bits per heavy atom. The molecule has 1 aromatic carbocycles. The number of benzene rings is 1. The first-order chi connectivity index (χ1) is 10.6. The maximum Gasteiger partial charge on any atom is 0.308 e. The zero-order valence-electron chi connectivity index (χ0n) is 12.0. The summed E-state index contributed by atoms with van der Waals surface area (Å²) in [6.07, 6.45) is 2.78. The van der Waals surface area contributed by atoms with Gasteiger partial charge >= 0.3 is 5.97 Å². The number of rotatable bonds is 6. The number of carbonyl (C=O) groups is 2. The Morgan fingerprint density at radius 2 is 1.82 bits per heavy atom. The maximum absolute atomic E-state index is 11.8. The van der Waals surface area contributed by atoms with Crippen molar-refractivity contribution in [3.63, 3.8) is 0 Å². The molecule has 1 heterocycles. The van der Waals surface area contributed by atoms with Crippen LogP contribution in [-0.4, -0.2) is 33.5 Å². The van der Waals surface area contributed by atoms with E-state index in [9.17, 15) is 9.59 Å². The molecule has 0 aliphatic carbocycles. The predicted octanol–water partition coefficient (Wildman–Crippen LogP) is 1.67. The topological polar surface area (TPSA) is 104 Å². The van der Waals surface area contributed by atoms with E-state index in [0.29, 0.717) is 5.95 Å². The first-order valence-electron chi connectivity index (χ1n) is 6.71. The van der Waals surface area contributed by atoms with Gasteiger partial charge in [0.2, 0.25) is 5.95 Å². The number of carboxylic acid groups (broad SMARTS) is 1. The zero-order chi connectivity index (χ0) is 15.9. The lowest BCUT2D eigenvalue weighted by atomic mass is 10.2. The van der Waals surface area contributed by atoms with Gasteiger partial charge in [0.15, 0.2) is 0 Å². The molecule has 7 heteroatoms. The maximum atomic E-state index is 11.8. The number of nitrogens with zero attached hydrogens (tertiary/aromatic N) is 2. The largest absolute Gasteiger partial charge is 0.481 e. The van der Waals surface area contributed by atoms with Crippen LogP contribution in [-0.2, 0) is 4.79 Å². The van der Waals surface area contributed by atoms with Gasteiger partial charge in [-0.1, -0.05) is 25.1 Å². The number of hydrogen-bond donors (Lipinski definition) is 3. The van der Waals surface area contributed by atoms with E-state index in [0.717, 1.165) is 5.69 Å². The number of amides is 1. The van der Waals surface area contributed by atoms with E-state index in [4.69, 9.17) is 5.11 Å². The Kier molecular flexibility index (Phi) is 5.02. The third kappa shape index (κ3) is 4.27.